The van der Waals surface area contributed by atoms with Gasteiger partial charge in [-0.15, -0.1) is 0 Å². The van der Waals surface area contributed by atoms with Crippen LogP contribution in [0.3, 0.4) is 0 Å². The fourth-order valence-corrected chi connectivity index (χ4v) is 2.57. The average Bonchev–Trinajstić information content (AvgIpc) is 2.77. The van der Waals surface area contributed by atoms with Crippen molar-refractivity contribution >= 4 is 0 Å². The van der Waals surface area contributed by atoms with Gasteiger partial charge in [-0.25, -0.2) is 0 Å². The molecule has 1 aromatic rings. The normalized spacial score (nSPS) is 22.2. The lowest BCUT2D eigenvalue weighted by atomic mass is 9.97. The molecule has 1 aliphatic rings. The Hall–Kier alpha value is -0.940. The smallest absolute Gasteiger partial charge is 0.252 e. The summed E-state index contributed by atoms with van der Waals surface area (Å²) in [5, 5.41) is 12.8. The summed E-state index contributed by atoms with van der Waals surface area (Å²) in [7, 11) is 0. The highest BCUT2D eigenvalue weighted by molar-refractivity contribution is 4.92. The van der Waals surface area contributed by atoms with E-state index in [4.69, 9.17) is 9.63 Å². The van der Waals surface area contributed by atoms with Gasteiger partial charge in [0.2, 0.25) is 0 Å². The van der Waals surface area contributed by atoms with Crippen LogP contribution in [-0.2, 0) is 13.0 Å². The molecule has 5 heteroatoms. The highest BCUT2D eigenvalue weighted by Crippen LogP contribution is 2.21. The number of piperidine rings is 1. The zero-order chi connectivity index (χ0) is 12.3. The number of hydrogen-bond donors (Lipinski definition) is 1. The summed E-state index contributed by atoms with van der Waals surface area (Å²) >= 11 is 0. The number of hydrogen-bond acceptors (Lipinski definition) is 5. The molecule has 1 N–H and O–H groups in total. The maximum Gasteiger partial charge on any atom is 0.252 e. The minimum Gasteiger partial charge on any atom is -0.387 e. The van der Waals surface area contributed by atoms with Crippen molar-refractivity contribution in [3.05, 3.63) is 11.7 Å². The topological polar surface area (TPSA) is 62.4 Å². The lowest BCUT2D eigenvalue weighted by Crippen LogP contribution is -2.45. The number of aliphatic hydroxyl groups is 1. The van der Waals surface area contributed by atoms with Crippen LogP contribution in [0.1, 0.15) is 44.8 Å². The molecule has 1 atom stereocenters. The first-order valence-corrected chi connectivity index (χ1v) is 6.38. The standard InChI is InChI=1S/C12H21N3O2/c1-9(2)15-6-4-3-5-10(15)7-11-13-12(8-16)17-14-11/h9-10,16H,3-8H2,1-2H3. The lowest BCUT2D eigenvalue weighted by molar-refractivity contribution is 0.109. The first-order chi connectivity index (χ1) is 8.20. The van der Waals surface area contributed by atoms with Crippen molar-refractivity contribution in [1.82, 2.24) is 15.0 Å². The van der Waals surface area contributed by atoms with Crippen LogP contribution in [0.15, 0.2) is 4.52 Å². The molecule has 0 spiro atoms. The van der Waals surface area contributed by atoms with Crippen LogP contribution in [0, 0.1) is 0 Å². The fraction of sp³-hybridized carbons (Fsp3) is 0.833. The molecule has 0 aromatic carbocycles. The summed E-state index contributed by atoms with van der Waals surface area (Å²) in [6.07, 6.45) is 4.57. The predicted molar refractivity (Wildman–Crippen MR) is 63.4 cm³/mol. The van der Waals surface area contributed by atoms with Crippen molar-refractivity contribution in [3.63, 3.8) is 0 Å². The van der Waals surface area contributed by atoms with E-state index in [-0.39, 0.29) is 6.61 Å². The Balaban J connectivity index is 2.00. The molecule has 0 saturated carbocycles. The van der Waals surface area contributed by atoms with E-state index < -0.39 is 0 Å². The Kier molecular flexibility index (Phi) is 4.12. The Morgan fingerprint density at radius 3 is 2.94 bits per heavy atom. The molecule has 2 heterocycles. The molecule has 17 heavy (non-hydrogen) atoms. The number of rotatable bonds is 4. The SMILES string of the molecule is CC(C)N1CCCCC1Cc1noc(CO)n1. The third kappa shape index (κ3) is 3.04. The van der Waals surface area contributed by atoms with Crippen LogP contribution in [0.5, 0.6) is 0 Å². The third-order valence-electron chi connectivity index (χ3n) is 3.40. The molecule has 0 radical (unpaired) electrons. The van der Waals surface area contributed by atoms with E-state index in [9.17, 15) is 0 Å². The Morgan fingerprint density at radius 2 is 2.29 bits per heavy atom. The van der Waals surface area contributed by atoms with Crippen LogP contribution in [0.25, 0.3) is 0 Å². The van der Waals surface area contributed by atoms with Gasteiger partial charge in [-0.05, 0) is 33.2 Å². The van der Waals surface area contributed by atoms with Gasteiger partial charge in [-0.1, -0.05) is 11.6 Å². The molecule has 5 nitrogen and oxygen atoms in total. The number of likely N-dealkylation sites (tertiary alicyclic amines) is 1. The van der Waals surface area contributed by atoms with Crippen molar-refractivity contribution in [2.24, 2.45) is 0 Å². The van der Waals surface area contributed by atoms with Gasteiger partial charge in [-0.2, -0.15) is 4.98 Å². The van der Waals surface area contributed by atoms with Crippen LogP contribution in [0.4, 0.5) is 0 Å². The summed E-state index contributed by atoms with van der Waals surface area (Å²) in [5.41, 5.74) is 0. The van der Waals surface area contributed by atoms with Crippen molar-refractivity contribution in [3.8, 4) is 0 Å². The quantitative estimate of drug-likeness (QED) is 0.859. The van der Waals surface area contributed by atoms with Crippen LogP contribution in [-0.4, -0.2) is 38.8 Å². The van der Waals surface area contributed by atoms with Gasteiger partial charge >= 0.3 is 0 Å². The second-order valence-electron chi connectivity index (χ2n) is 4.95. The van der Waals surface area contributed by atoms with Crippen molar-refractivity contribution in [2.75, 3.05) is 6.54 Å². The Labute approximate surface area is 102 Å². The molecule has 1 fully saturated rings. The van der Waals surface area contributed by atoms with Crippen LogP contribution < -0.4 is 0 Å². The van der Waals surface area contributed by atoms with Gasteiger partial charge in [0.05, 0.1) is 0 Å². The summed E-state index contributed by atoms with van der Waals surface area (Å²) in [6, 6.07) is 1.07. The maximum atomic E-state index is 8.89. The molecule has 0 bridgehead atoms. The van der Waals surface area contributed by atoms with Gasteiger partial charge in [0.15, 0.2) is 5.82 Å². The zero-order valence-corrected chi connectivity index (χ0v) is 10.6. The Morgan fingerprint density at radius 1 is 1.47 bits per heavy atom. The lowest BCUT2D eigenvalue weighted by Gasteiger charge is -2.38. The van der Waals surface area contributed by atoms with Gasteiger partial charge in [0.25, 0.3) is 5.89 Å². The minimum atomic E-state index is -0.175. The molecule has 1 saturated heterocycles. The summed E-state index contributed by atoms with van der Waals surface area (Å²) in [6.45, 7) is 5.44. The van der Waals surface area contributed by atoms with E-state index in [1.165, 1.54) is 19.3 Å². The summed E-state index contributed by atoms with van der Waals surface area (Å²) in [4.78, 5) is 6.67. The summed E-state index contributed by atoms with van der Waals surface area (Å²) in [5.74, 6) is 1.03. The van der Waals surface area contributed by atoms with E-state index >= 15 is 0 Å². The molecule has 0 aliphatic carbocycles. The van der Waals surface area contributed by atoms with Gasteiger partial charge < -0.3 is 9.63 Å². The van der Waals surface area contributed by atoms with E-state index in [2.05, 4.69) is 28.9 Å². The number of aromatic nitrogens is 2. The molecule has 2 rings (SSSR count). The molecule has 1 aliphatic heterocycles. The molecular weight excluding hydrogens is 218 g/mol. The zero-order valence-electron chi connectivity index (χ0n) is 10.6. The van der Waals surface area contributed by atoms with Crippen LogP contribution >= 0.6 is 0 Å². The van der Waals surface area contributed by atoms with Gasteiger partial charge in [0.1, 0.15) is 6.61 Å². The highest BCUT2D eigenvalue weighted by atomic mass is 16.5. The average molecular weight is 239 g/mol. The second-order valence-corrected chi connectivity index (χ2v) is 4.95. The monoisotopic (exact) mass is 239 g/mol. The summed E-state index contributed by atoms with van der Waals surface area (Å²) < 4.78 is 4.92. The van der Waals surface area contributed by atoms with E-state index in [0.29, 0.717) is 23.8 Å². The Bertz CT molecular complexity index is 351. The van der Waals surface area contributed by atoms with E-state index in [1.54, 1.807) is 0 Å². The minimum absolute atomic E-state index is 0.175. The molecular formula is C12H21N3O2. The first kappa shape index (κ1) is 12.5. The first-order valence-electron chi connectivity index (χ1n) is 6.38. The molecule has 1 unspecified atom stereocenters. The molecule has 0 amide bonds. The second kappa shape index (κ2) is 5.60. The van der Waals surface area contributed by atoms with Crippen molar-refractivity contribution < 1.29 is 9.63 Å². The van der Waals surface area contributed by atoms with Gasteiger partial charge in [0, 0.05) is 18.5 Å². The molecule has 1 aromatic heterocycles. The molecule has 96 valence electrons. The third-order valence-corrected chi connectivity index (χ3v) is 3.40. The van der Waals surface area contributed by atoms with Crippen molar-refractivity contribution in [1.29, 1.82) is 0 Å². The fourth-order valence-electron chi connectivity index (χ4n) is 2.57. The number of nitrogens with zero attached hydrogens (tertiary/aromatic N) is 3. The van der Waals surface area contributed by atoms with E-state index in [0.717, 1.165) is 13.0 Å². The largest absolute Gasteiger partial charge is 0.387 e. The highest BCUT2D eigenvalue weighted by Gasteiger charge is 2.26. The van der Waals surface area contributed by atoms with E-state index in [1.807, 2.05) is 0 Å². The predicted octanol–water partition coefficient (Wildman–Crippen LogP) is 1.37. The maximum absolute atomic E-state index is 8.89. The van der Waals surface area contributed by atoms with Crippen molar-refractivity contribution in [2.45, 2.75) is 58.2 Å². The van der Waals surface area contributed by atoms with Crippen LogP contribution in [0.2, 0.25) is 0 Å². The van der Waals surface area contributed by atoms with Gasteiger partial charge in [-0.3, -0.25) is 4.90 Å². The number of aliphatic hydroxyl groups excluding tert-OH is 1.